The number of nitrogens with zero attached hydrogens (tertiary/aromatic N) is 1. The van der Waals surface area contributed by atoms with Crippen molar-refractivity contribution in [2.75, 3.05) is 6.61 Å². The number of phosphoric acid groups is 1. The van der Waals surface area contributed by atoms with Gasteiger partial charge in [-0.3, -0.25) is 15.2 Å². The third-order valence-corrected chi connectivity index (χ3v) is 3.71. The summed E-state index contributed by atoms with van der Waals surface area (Å²) in [5.41, 5.74) is 1.70. The van der Waals surface area contributed by atoms with Crippen molar-refractivity contribution in [2.45, 2.75) is 6.92 Å². The highest BCUT2D eigenvalue weighted by Gasteiger charge is 2.22. The van der Waals surface area contributed by atoms with E-state index in [4.69, 9.17) is 28.9 Å². The number of oxazole rings is 1. The highest BCUT2D eigenvalue weighted by Crippen LogP contribution is 2.43. The van der Waals surface area contributed by atoms with Crippen molar-refractivity contribution in [3.05, 3.63) is 48.0 Å². The molecule has 0 aliphatic carbocycles. The van der Waals surface area contributed by atoms with Crippen LogP contribution in [0.15, 0.2) is 46.9 Å². The zero-order valence-electron chi connectivity index (χ0n) is 13.2. The van der Waals surface area contributed by atoms with Crippen LogP contribution in [0.3, 0.4) is 0 Å². The number of rotatable bonds is 5. The van der Waals surface area contributed by atoms with Gasteiger partial charge in [-0.05, 0) is 37.3 Å². The first-order chi connectivity index (χ1) is 11.9. The van der Waals surface area contributed by atoms with E-state index >= 15 is 0 Å². The molecular formula is C16H15N2O6P. The summed E-state index contributed by atoms with van der Waals surface area (Å²) in [6.45, 7) is 2.02. The molecule has 2 aromatic carbocycles. The molecule has 0 aliphatic rings. The zero-order valence-corrected chi connectivity index (χ0v) is 14.1. The molecule has 3 rings (SSSR count). The Hall–Kier alpha value is -2.67. The molecule has 0 atom stereocenters. The molecule has 1 heterocycles. The van der Waals surface area contributed by atoms with Crippen LogP contribution in [0.4, 0.5) is 0 Å². The smallest absolute Gasteiger partial charge is 0.478 e. The lowest BCUT2D eigenvalue weighted by Gasteiger charge is -2.12. The van der Waals surface area contributed by atoms with Crippen LogP contribution in [-0.2, 0) is 9.30 Å². The molecule has 0 unspecified atom stereocenters. The molecule has 0 saturated heterocycles. The number of aromatic nitrogens is 1. The van der Waals surface area contributed by atoms with Crippen molar-refractivity contribution in [3.63, 3.8) is 0 Å². The minimum absolute atomic E-state index is 0.137. The van der Waals surface area contributed by atoms with Gasteiger partial charge < -0.3 is 13.7 Å². The number of hydrogen-bond acceptors (Lipinski definition) is 6. The number of nitrogens with one attached hydrogen (secondary N) is 1. The number of hydrogen-bond donors (Lipinski definition) is 3. The highest BCUT2D eigenvalue weighted by atomic mass is 31.2. The molecule has 25 heavy (non-hydrogen) atoms. The Bertz CT molecular complexity index is 945. The van der Waals surface area contributed by atoms with Crippen LogP contribution in [0.2, 0.25) is 0 Å². The van der Waals surface area contributed by atoms with E-state index in [1.165, 1.54) is 12.1 Å². The van der Waals surface area contributed by atoms with E-state index in [9.17, 15) is 4.57 Å². The Morgan fingerprint density at radius 3 is 2.72 bits per heavy atom. The second kappa shape index (κ2) is 6.68. The third kappa shape index (κ3) is 3.88. The Balaban J connectivity index is 2.10. The Labute approximate surface area is 142 Å². The number of phosphoric ester groups is 1. The number of benzene rings is 2. The first-order valence-corrected chi connectivity index (χ1v) is 8.87. The maximum Gasteiger partial charge on any atom is 0.524 e. The largest absolute Gasteiger partial charge is 0.524 e. The second-order valence-corrected chi connectivity index (χ2v) is 6.21. The standard InChI is InChI=1S/C16H15N2O6P/c1-2-22-15(17)10-7-8-11(14(9-10)24-25(19,20)21)16-18-12-5-3-4-6-13(12)23-16/h3-9,17H,2H2,1H3,(H2,19,20,21). The number of ether oxygens (including phenoxy) is 1. The van der Waals surface area contributed by atoms with Gasteiger partial charge in [0.2, 0.25) is 11.8 Å². The molecule has 0 amide bonds. The Kier molecular flexibility index (Phi) is 4.59. The summed E-state index contributed by atoms with van der Waals surface area (Å²) in [6.07, 6.45) is 0. The molecule has 3 aromatic rings. The summed E-state index contributed by atoms with van der Waals surface area (Å²) in [5.74, 6) is -0.136. The molecule has 3 N–H and O–H groups in total. The van der Waals surface area contributed by atoms with Crippen LogP contribution in [0.5, 0.6) is 5.75 Å². The van der Waals surface area contributed by atoms with Crippen molar-refractivity contribution in [1.82, 2.24) is 4.98 Å². The number of para-hydroxylation sites is 2. The summed E-state index contributed by atoms with van der Waals surface area (Å²) < 4.78 is 26.8. The fourth-order valence-corrected chi connectivity index (χ4v) is 2.67. The normalized spacial score (nSPS) is 11.5. The van der Waals surface area contributed by atoms with Gasteiger partial charge in [0, 0.05) is 5.56 Å². The van der Waals surface area contributed by atoms with E-state index in [0.29, 0.717) is 23.3 Å². The van der Waals surface area contributed by atoms with Gasteiger partial charge in [0.25, 0.3) is 0 Å². The van der Waals surface area contributed by atoms with Crippen LogP contribution in [0.25, 0.3) is 22.6 Å². The molecular weight excluding hydrogens is 347 g/mol. The average Bonchev–Trinajstić information content (AvgIpc) is 2.97. The quantitative estimate of drug-likeness (QED) is 0.361. The van der Waals surface area contributed by atoms with Gasteiger partial charge in [-0.2, -0.15) is 0 Å². The van der Waals surface area contributed by atoms with Crippen LogP contribution in [-0.4, -0.2) is 27.3 Å². The van der Waals surface area contributed by atoms with E-state index in [2.05, 4.69) is 4.98 Å². The highest BCUT2D eigenvalue weighted by molar-refractivity contribution is 7.46. The third-order valence-electron chi connectivity index (χ3n) is 3.27. The lowest BCUT2D eigenvalue weighted by Crippen LogP contribution is -2.05. The van der Waals surface area contributed by atoms with Gasteiger partial charge in [0.15, 0.2) is 5.58 Å². The molecule has 1 aromatic heterocycles. The summed E-state index contributed by atoms with van der Waals surface area (Å²) >= 11 is 0. The molecule has 0 radical (unpaired) electrons. The van der Waals surface area contributed by atoms with Crippen LogP contribution < -0.4 is 4.52 Å². The number of fused-ring (bicyclic) bond motifs is 1. The summed E-state index contributed by atoms with van der Waals surface area (Å²) in [7, 11) is -4.82. The van der Waals surface area contributed by atoms with E-state index in [1.807, 2.05) is 0 Å². The molecule has 130 valence electrons. The maximum atomic E-state index is 11.3. The molecule has 0 aliphatic heterocycles. The van der Waals surface area contributed by atoms with Crippen molar-refractivity contribution in [3.8, 4) is 17.2 Å². The fraction of sp³-hybridized carbons (Fsp3) is 0.125. The van der Waals surface area contributed by atoms with Crippen molar-refractivity contribution in [1.29, 1.82) is 5.41 Å². The van der Waals surface area contributed by atoms with E-state index in [1.54, 1.807) is 37.3 Å². The van der Waals surface area contributed by atoms with Crippen LogP contribution >= 0.6 is 7.82 Å². The van der Waals surface area contributed by atoms with E-state index in [-0.39, 0.29) is 23.1 Å². The van der Waals surface area contributed by atoms with Gasteiger partial charge in [-0.1, -0.05) is 12.1 Å². The SMILES string of the molecule is CCOC(=N)c1ccc(-c2nc3ccccc3o2)c(OP(=O)(O)O)c1. The first kappa shape index (κ1) is 17.2. The first-order valence-electron chi connectivity index (χ1n) is 7.34. The lowest BCUT2D eigenvalue weighted by atomic mass is 10.1. The van der Waals surface area contributed by atoms with Crippen molar-refractivity contribution < 1.29 is 28.0 Å². The lowest BCUT2D eigenvalue weighted by molar-refractivity contribution is 0.283. The van der Waals surface area contributed by atoms with Gasteiger partial charge in [-0.25, -0.2) is 9.55 Å². The minimum atomic E-state index is -4.82. The molecule has 0 saturated carbocycles. The van der Waals surface area contributed by atoms with Crippen molar-refractivity contribution >= 4 is 24.8 Å². The Morgan fingerprint density at radius 1 is 1.28 bits per heavy atom. The predicted octanol–water partition coefficient (Wildman–Crippen LogP) is 3.33. The monoisotopic (exact) mass is 362 g/mol. The summed E-state index contributed by atoms with van der Waals surface area (Å²) in [5, 5.41) is 7.81. The van der Waals surface area contributed by atoms with Gasteiger partial charge in [0.05, 0.1) is 12.2 Å². The van der Waals surface area contributed by atoms with Crippen LogP contribution in [0.1, 0.15) is 12.5 Å². The second-order valence-electron chi connectivity index (χ2n) is 5.04. The van der Waals surface area contributed by atoms with Crippen molar-refractivity contribution in [2.24, 2.45) is 0 Å². The van der Waals surface area contributed by atoms with E-state index < -0.39 is 7.82 Å². The molecule has 0 fully saturated rings. The van der Waals surface area contributed by atoms with Crippen LogP contribution in [0, 0.1) is 5.41 Å². The average molecular weight is 362 g/mol. The predicted molar refractivity (Wildman–Crippen MR) is 90.6 cm³/mol. The van der Waals surface area contributed by atoms with Gasteiger partial charge in [0.1, 0.15) is 11.3 Å². The topological polar surface area (TPSA) is 126 Å². The summed E-state index contributed by atoms with van der Waals surface area (Å²) in [6, 6.07) is 11.5. The Morgan fingerprint density at radius 2 is 2.04 bits per heavy atom. The molecule has 9 heteroatoms. The molecule has 0 spiro atoms. The van der Waals surface area contributed by atoms with Gasteiger partial charge >= 0.3 is 7.82 Å². The van der Waals surface area contributed by atoms with E-state index in [0.717, 1.165) is 0 Å². The van der Waals surface area contributed by atoms with Gasteiger partial charge in [-0.15, -0.1) is 0 Å². The molecule has 8 nitrogen and oxygen atoms in total. The fourth-order valence-electron chi connectivity index (χ4n) is 2.26. The molecule has 0 bridgehead atoms. The maximum absolute atomic E-state index is 11.3. The summed E-state index contributed by atoms with van der Waals surface area (Å²) in [4.78, 5) is 22.6. The zero-order chi connectivity index (χ0) is 18.0. The minimum Gasteiger partial charge on any atom is -0.478 e.